The molecule has 90 valence electrons. The van der Waals surface area contributed by atoms with Crippen molar-refractivity contribution in [3.8, 4) is 0 Å². The van der Waals surface area contributed by atoms with Gasteiger partial charge in [-0.1, -0.05) is 12.1 Å². The fraction of sp³-hybridized carbons (Fsp3) is 0.273. The van der Waals surface area contributed by atoms with E-state index in [0.29, 0.717) is 18.5 Å². The molecule has 5 nitrogen and oxygen atoms in total. The van der Waals surface area contributed by atoms with Gasteiger partial charge >= 0.3 is 0 Å². The van der Waals surface area contributed by atoms with Crippen molar-refractivity contribution in [2.24, 2.45) is 0 Å². The Labute approximate surface area is 97.0 Å². The second-order valence-electron chi connectivity index (χ2n) is 3.48. The van der Waals surface area contributed by atoms with Crippen LogP contribution in [0, 0.1) is 5.82 Å². The molecule has 0 unspecified atom stereocenters. The molecule has 1 aromatic carbocycles. The Morgan fingerprint density at radius 3 is 3.18 bits per heavy atom. The summed E-state index contributed by atoms with van der Waals surface area (Å²) in [4.78, 5) is 11.7. The van der Waals surface area contributed by atoms with Crippen molar-refractivity contribution in [1.82, 2.24) is 15.5 Å². The second-order valence-corrected chi connectivity index (χ2v) is 3.48. The van der Waals surface area contributed by atoms with Crippen molar-refractivity contribution >= 4 is 16.8 Å². The molecule has 0 radical (unpaired) electrons. The molecular weight excluding hydrogens is 225 g/mol. The number of para-hydroxylation sites is 1. The fourth-order valence-electron chi connectivity index (χ4n) is 1.53. The van der Waals surface area contributed by atoms with Crippen LogP contribution in [0.1, 0.15) is 10.5 Å². The van der Waals surface area contributed by atoms with Crippen LogP contribution in [0.15, 0.2) is 18.2 Å². The number of aromatic amines is 1. The Bertz CT molecular complexity index is 538. The van der Waals surface area contributed by atoms with E-state index in [9.17, 15) is 9.18 Å². The highest BCUT2D eigenvalue weighted by Crippen LogP contribution is 2.18. The lowest BCUT2D eigenvalue weighted by Crippen LogP contribution is -2.27. The van der Waals surface area contributed by atoms with Gasteiger partial charge in [-0.3, -0.25) is 9.89 Å². The van der Waals surface area contributed by atoms with Crippen molar-refractivity contribution in [3.05, 3.63) is 29.7 Å². The number of rotatable bonds is 4. The maximum atomic E-state index is 13.3. The molecule has 2 N–H and O–H groups in total. The number of hydrogen-bond acceptors (Lipinski definition) is 3. The maximum absolute atomic E-state index is 13.3. The average molecular weight is 237 g/mol. The van der Waals surface area contributed by atoms with Gasteiger partial charge in [-0.25, -0.2) is 4.39 Å². The zero-order valence-corrected chi connectivity index (χ0v) is 9.29. The van der Waals surface area contributed by atoms with E-state index in [4.69, 9.17) is 4.74 Å². The van der Waals surface area contributed by atoms with Crippen LogP contribution in [0.3, 0.4) is 0 Å². The first-order valence-electron chi connectivity index (χ1n) is 5.13. The number of halogens is 1. The number of hydrogen-bond donors (Lipinski definition) is 2. The van der Waals surface area contributed by atoms with Gasteiger partial charge in [-0.05, 0) is 6.07 Å². The number of nitrogens with one attached hydrogen (secondary N) is 2. The highest BCUT2D eigenvalue weighted by Gasteiger charge is 2.14. The SMILES string of the molecule is COCCNC(=O)c1[nH]nc2c(F)cccc12. The predicted molar refractivity (Wildman–Crippen MR) is 60.3 cm³/mol. The lowest BCUT2D eigenvalue weighted by Gasteiger charge is -2.02. The molecule has 0 aliphatic heterocycles. The van der Waals surface area contributed by atoms with Crippen LogP contribution in [0.25, 0.3) is 10.9 Å². The third-order valence-corrected chi connectivity index (χ3v) is 2.35. The Morgan fingerprint density at radius 1 is 1.59 bits per heavy atom. The second kappa shape index (κ2) is 4.92. The van der Waals surface area contributed by atoms with Gasteiger partial charge in [0.1, 0.15) is 11.2 Å². The molecule has 6 heteroatoms. The number of ether oxygens (including phenoxy) is 1. The van der Waals surface area contributed by atoms with E-state index >= 15 is 0 Å². The molecule has 17 heavy (non-hydrogen) atoms. The summed E-state index contributed by atoms with van der Waals surface area (Å²) in [6, 6.07) is 4.49. The number of carbonyl (C=O) groups is 1. The van der Waals surface area contributed by atoms with E-state index in [1.54, 1.807) is 19.2 Å². The predicted octanol–water partition coefficient (Wildman–Crippen LogP) is 1.08. The molecule has 0 bridgehead atoms. The van der Waals surface area contributed by atoms with E-state index in [0.717, 1.165) is 0 Å². The van der Waals surface area contributed by atoms with Crippen LogP contribution < -0.4 is 5.32 Å². The number of aromatic nitrogens is 2. The van der Waals surface area contributed by atoms with Gasteiger partial charge in [0.25, 0.3) is 5.91 Å². The Kier molecular flexibility index (Phi) is 3.34. The summed E-state index contributed by atoms with van der Waals surface area (Å²) in [7, 11) is 1.55. The Balaban J connectivity index is 2.24. The number of benzene rings is 1. The van der Waals surface area contributed by atoms with Crippen molar-refractivity contribution in [3.63, 3.8) is 0 Å². The number of nitrogens with zero attached hydrogens (tertiary/aromatic N) is 1. The first-order valence-corrected chi connectivity index (χ1v) is 5.13. The average Bonchev–Trinajstić information content (AvgIpc) is 2.74. The minimum absolute atomic E-state index is 0.171. The third-order valence-electron chi connectivity index (χ3n) is 2.35. The highest BCUT2D eigenvalue weighted by molar-refractivity contribution is 6.04. The third kappa shape index (κ3) is 2.26. The first kappa shape index (κ1) is 11.5. The van der Waals surface area contributed by atoms with Crippen LogP contribution in [0.4, 0.5) is 4.39 Å². The number of fused-ring (bicyclic) bond motifs is 1. The van der Waals surface area contributed by atoms with Gasteiger partial charge in [-0.15, -0.1) is 0 Å². The molecule has 2 rings (SSSR count). The minimum atomic E-state index is -0.449. The molecule has 0 atom stereocenters. The van der Waals surface area contributed by atoms with Crippen LogP contribution >= 0.6 is 0 Å². The van der Waals surface area contributed by atoms with E-state index in [1.807, 2.05) is 0 Å². The van der Waals surface area contributed by atoms with E-state index < -0.39 is 5.82 Å². The van der Waals surface area contributed by atoms with Gasteiger partial charge in [0, 0.05) is 19.0 Å². The lowest BCUT2D eigenvalue weighted by molar-refractivity contribution is 0.0933. The number of H-pyrrole nitrogens is 1. The van der Waals surface area contributed by atoms with Crippen LogP contribution in [-0.2, 0) is 4.74 Å². The fourth-order valence-corrected chi connectivity index (χ4v) is 1.53. The molecule has 2 aromatic rings. The molecule has 0 fully saturated rings. The molecule has 0 saturated heterocycles. The van der Waals surface area contributed by atoms with Crippen molar-refractivity contribution < 1.29 is 13.9 Å². The molecule has 0 aliphatic rings. The summed E-state index contributed by atoms with van der Waals surface area (Å²) < 4.78 is 18.2. The summed E-state index contributed by atoms with van der Waals surface area (Å²) in [6.45, 7) is 0.817. The van der Waals surface area contributed by atoms with Gasteiger partial charge in [0.2, 0.25) is 0 Å². The van der Waals surface area contributed by atoms with Crippen molar-refractivity contribution in [2.75, 3.05) is 20.3 Å². The van der Waals surface area contributed by atoms with Crippen LogP contribution in [0.2, 0.25) is 0 Å². The van der Waals surface area contributed by atoms with Gasteiger partial charge < -0.3 is 10.1 Å². The smallest absolute Gasteiger partial charge is 0.270 e. The quantitative estimate of drug-likeness (QED) is 0.782. The van der Waals surface area contributed by atoms with E-state index in [-0.39, 0.29) is 17.1 Å². The molecular formula is C11H12FN3O2. The first-order chi connectivity index (χ1) is 8.24. The lowest BCUT2D eigenvalue weighted by atomic mass is 10.2. The van der Waals surface area contributed by atoms with E-state index in [1.165, 1.54) is 6.07 Å². The molecule has 1 aromatic heterocycles. The zero-order valence-electron chi connectivity index (χ0n) is 9.29. The summed E-state index contributed by atoms with van der Waals surface area (Å²) in [5.41, 5.74) is 0.431. The highest BCUT2D eigenvalue weighted by atomic mass is 19.1. The molecule has 0 saturated carbocycles. The number of amides is 1. The molecule has 1 heterocycles. The number of methoxy groups -OCH3 is 1. The Hall–Kier alpha value is -1.95. The summed E-state index contributed by atoms with van der Waals surface area (Å²) in [6.07, 6.45) is 0. The van der Waals surface area contributed by atoms with Gasteiger partial charge in [0.15, 0.2) is 5.82 Å². The van der Waals surface area contributed by atoms with Crippen LogP contribution in [-0.4, -0.2) is 36.4 Å². The number of carbonyl (C=O) groups excluding carboxylic acids is 1. The normalized spacial score (nSPS) is 10.7. The van der Waals surface area contributed by atoms with Crippen molar-refractivity contribution in [2.45, 2.75) is 0 Å². The summed E-state index contributed by atoms with van der Waals surface area (Å²) >= 11 is 0. The molecule has 0 aliphatic carbocycles. The maximum Gasteiger partial charge on any atom is 0.270 e. The monoisotopic (exact) mass is 237 g/mol. The van der Waals surface area contributed by atoms with E-state index in [2.05, 4.69) is 15.5 Å². The van der Waals surface area contributed by atoms with Gasteiger partial charge in [-0.2, -0.15) is 5.10 Å². The Morgan fingerprint density at radius 2 is 2.41 bits per heavy atom. The van der Waals surface area contributed by atoms with Crippen LogP contribution in [0.5, 0.6) is 0 Å². The summed E-state index contributed by atoms with van der Waals surface area (Å²) in [5.74, 6) is -0.773. The topological polar surface area (TPSA) is 67.0 Å². The minimum Gasteiger partial charge on any atom is -0.383 e. The summed E-state index contributed by atoms with van der Waals surface area (Å²) in [5, 5.41) is 9.43. The van der Waals surface area contributed by atoms with Gasteiger partial charge in [0.05, 0.1) is 6.61 Å². The largest absolute Gasteiger partial charge is 0.383 e. The standard InChI is InChI=1S/C11H12FN3O2/c1-17-6-5-13-11(16)10-7-3-2-4-8(12)9(7)14-15-10/h2-4H,5-6H2,1H3,(H,13,16)(H,14,15). The molecule has 0 spiro atoms. The zero-order chi connectivity index (χ0) is 12.3. The van der Waals surface area contributed by atoms with Crippen molar-refractivity contribution in [1.29, 1.82) is 0 Å². The molecule has 1 amide bonds.